The maximum Gasteiger partial charge on any atom is 0.224 e. The second-order valence-electron chi connectivity index (χ2n) is 6.23. The summed E-state index contributed by atoms with van der Waals surface area (Å²) in [4.78, 5) is 12.3. The van der Waals surface area contributed by atoms with Gasteiger partial charge in [0.15, 0.2) is 0 Å². The first kappa shape index (κ1) is 16.0. The summed E-state index contributed by atoms with van der Waals surface area (Å²) in [6.45, 7) is 3.66. The fourth-order valence-electron chi connectivity index (χ4n) is 2.99. The van der Waals surface area contributed by atoms with Gasteiger partial charge >= 0.3 is 0 Å². The number of nitrogens with two attached hydrogens (primary N) is 1. The van der Waals surface area contributed by atoms with Gasteiger partial charge in [-0.15, -0.1) is 0 Å². The average molecular weight is 292 g/mol. The van der Waals surface area contributed by atoms with E-state index in [1.54, 1.807) is 6.07 Å². The highest BCUT2D eigenvalue weighted by Gasteiger charge is 2.29. The van der Waals surface area contributed by atoms with Gasteiger partial charge in [-0.05, 0) is 43.4 Å². The molecule has 3 nitrogen and oxygen atoms in total. The van der Waals surface area contributed by atoms with E-state index in [0.717, 1.165) is 18.4 Å². The predicted octanol–water partition coefficient (Wildman–Crippen LogP) is 3.16. The average Bonchev–Trinajstić information content (AvgIpc) is 2.97. The molecule has 1 aliphatic rings. The van der Waals surface area contributed by atoms with Crippen LogP contribution in [0.4, 0.5) is 4.39 Å². The lowest BCUT2D eigenvalue weighted by molar-refractivity contribution is -0.126. The van der Waals surface area contributed by atoms with Gasteiger partial charge in [-0.25, -0.2) is 4.39 Å². The number of halogens is 1. The largest absolute Gasteiger partial charge is 0.349 e. The molecule has 1 fully saturated rings. The predicted molar refractivity (Wildman–Crippen MR) is 82.1 cm³/mol. The zero-order valence-corrected chi connectivity index (χ0v) is 12.8. The third-order valence-electron chi connectivity index (χ3n) is 4.58. The molecule has 0 aromatic heterocycles. The topological polar surface area (TPSA) is 55.1 Å². The number of nitrogens with one attached hydrogen (secondary N) is 1. The first-order chi connectivity index (χ1) is 9.99. The summed E-state index contributed by atoms with van der Waals surface area (Å²) in [6.07, 6.45) is 4.51. The minimum absolute atomic E-state index is 0.0499. The van der Waals surface area contributed by atoms with Crippen molar-refractivity contribution in [2.75, 3.05) is 0 Å². The van der Waals surface area contributed by atoms with Crippen LogP contribution >= 0.6 is 0 Å². The zero-order chi connectivity index (χ0) is 15.4. The van der Waals surface area contributed by atoms with Crippen LogP contribution in [0, 0.1) is 17.7 Å². The second-order valence-corrected chi connectivity index (χ2v) is 6.23. The summed E-state index contributed by atoms with van der Waals surface area (Å²) in [6, 6.07) is 6.25. The van der Waals surface area contributed by atoms with Crippen LogP contribution < -0.4 is 11.1 Å². The Labute approximate surface area is 126 Å². The van der Waals surface area contributed by atoms with Gasteiger partial charge < -0.3 is 11.1 Å². The molecule has 0 spiro atoms. The minimum atomic E-state index is -0.259. The molecule has 1 aromatic carbocycles. The molecule has 21 heavy (non-hydrogen) atoms. The molecular formula is C17H25FN2O. The molecule has 116 valence electrons. The summed E-state index contributed by atoms with van der Waals surface area (Å²) in [7, 11) is 0. The number of hydrogen-bond donors (Lipinski definition) is 2. The molecule has 3 N–H and O–H groups in total. The Morgan fingerprint density at radius 2 is 2.00 bits per heavy atom. The number of carbonyl (C=O) groups excluding carboxylic acids is 1. The van der Waals surface area contributed by atoms with Crippen LogP contribution in [0.3, 0.4) is 0 Å². The van der Waals surface area contributed by atoms with E-state index in [-0.39, 0.29) is 29.7 Å². The van der Waals surface area contributed by atoms with Crippen LogP contribution in [-0.2, 0) is 4.79 Å². The SMILES string of the molecule is CC(N)C(C)C(=O)NC(c1cccc(F)c1)C1CCCC1. The smallest absolute Gasteiger partial charge is 0.224 e. The maximum absolute atomic E-state index is 13.5. The molecule has 0 saturated heterocycles. The quantitative estimate of drug-likeness (QED) is 0.876. The van der Waals surface area contributed by atoms with Crippen LogP contribution in [-0.4, -0.2) is 11.9 Å². The molecule has 1 saturated carbocycles. The van der Waals surface area contributed by atoms with Crippen molar-refractivity contribution in [3.63, 3.8) is 0 Å². The van der Waals surface area contributed by atoms with Crippen molar-refractivity contribution < 1.29 is 9.18 Å². The minimum Gasteiger partial charge on any atom is -0.349 e. The van der Waals surface area contributed by atoms with E-state index < -0.39 is 0 Å². The highest BCUT2D eigenvalue weighted by atomic mass is 19.1. The first-order valence-electron chi connectivity index (χ1n) is 7.80. The van der Waals surface area contributed by atoms with E-state index in [1.807, 2.05) is 19.9 Å². The highest BCUT2D eigenvalue weighted by Crippen LogP contribution is 2.36. The summed E-state index contributed by atoms with van der Waals surface area (Å²) in [5.74, 6) is -0.172. The molecule has 2 rings (SSSR count). The van der Waals surface area contributed by atoms with Crippen molar-refractivity contribution in [3.8, 4) is 0 Å². The lowest BCUT2D eigenvalue weighted by atomic mass is 9.90. The number of amides is 1. The van der Waals surface area contributed by atoms with E-state index in [0.29, 0.717) is 5.92 Å². The van der Waals surface area contributed by atoms with Crippen molar-refractivity contribution in [2.45, 2.75) is 51.6 Å². The maximum atomic E-state index is 13.5. The Morgan fingerprint density at radius 3 is 2.57 bits per heavy atom. The van der Waals surface area contributed by atoms with E-state index in [2.05, 4.69) is 5.32 Å². The zero-order valence-electron chi connectivity index (χ0n) is 12.8. The van der Waals surface area contributed by atoms with Gasteiger partial charge in [0.25, 0.3) is 0 Å². The Morgan fingerprint density at radius 1 is 1.33 bits per heavy atom. The third kappa shape index (κ3) is 4.03. The van der Waals surface area contributed by atoms with Crippen molar-refractivity contribution in [1.82, 2.24) is 5.32 Å². The molecule has 0 radical (unpaired) electrons. The molecule has 3 atom stereocenters. The summed E-state index contributed by atoms with van der Waals surface area (Å²) >= 11 is 0. The lowest BCUT2D eigenvalue weighted by Crippen LogP contribution is -2.41. The van der Waals surface area contributed by atoms with Crippen molar-refractivity contribution >= 4 is 5.91 Å². The van der Waals surface area contributed by atoms with Crippen molar-refractivity contribution in [1.29, 1.82) is 0 Å². The standard InChI is InChI=1S/C17H25FN2O/c1-11(12(2)19)17(21)20-16(13-6-3-4-7-13)14-8-5-9-15(18)10-14/h5,8-13,16H,3-4,6-7,19H2,1-2H3,(H,20,21). The molecule has 0 bridgehead atoms. The molecular weight excluding hydrogens is 267 g/mol. The van der Waals surface area contributed by atoms with Gasteiger partial charge in [0.1, 0.15) is 5.82 Å². The Kier molecular flexibility index (Phi) is 5.34. The van der Waals surface area contributed by atoms with Crippen molar-refractivity contribution in [2.24, 2.45) is 17.6 Å². The Balaban J connectivity index is 2.18. The van der Waals surface area contributed by atoms with E-state index in [9.17, 15) is 9.18 Å². The fourth-order valence-corrected chi connectivity index (χ4v) is 2.99. The number of hydrogen-bond acceptors (Lipinski definition) is 2. The normalized spacial score (nSPS) is 20.0. The van der Waals surface area contributed by atoms with Crippen LogP contribution in [0.5, 0.6) is 0 Å². The number of carbonyl (C=O) groups is 1. The van der Waals surface area contributed by atoms with Gasteiger partial charge in [-0.1, -0.05) is 31.9 Å². The van der Waals surface area contributed by atoms with E-state index in [1.165, 1.54) is 25.0 Å². The van der Waals surface area contributed by atoms with Crippen LogP contribution in [0.2, 0.25) is 0 Å². The molecule has 0 aliphatic heterocycles. The van der Waals surface area contributed by atoms with Crippen LogP contribution in [0.15, 0.2) is 24.3 Å². The van der Waals surface area contributed by atoms with Gasteiger partial charge in [-0.2, -0.15) is 0 Å². The number of rotatable bonds is 5. The van der Waals surface area contributed by atoms with Crippen LogP contribution in [0.25, 0.3) is 0 Å². The molecule has 4 heteroatoms. The van der Waals surface area contributed by atoms with Gasteiger partial charge in [0.2, 0.25) is 5.91 Å². The van der Waals surface area contributed by atoms with Crippen LogP contribution in [0.1, 0.15) is 51.1 Å². The summed E-state index contributed by atoms with van der Waals surface area (Å²) < 4.78 is 13.5. The molecule has 0 heterocycles. The highest BCUT2D eigenvalue weighted by molar-refractivity contribution is 5.79. The third-order valence-corrected chi connectivity index (χ3v) is 4.58. The Hall–Kier alpha value is -1.42. The monoisotopic (exact) mass is 292 g/mol. The Bertz CT molecular complexity index is 483. The molecule has 3 unspecified atom stereocenters. The fraction of sp³-hybridized carbons (Fsp3) is 0.588. The molecule has 1 aromatic rings. The van der Waals surface area contributed by atoms with Crippen molar-refractivity contribution in [3.05, 3.63) is 35.6 Å². The lowest BCUT2D eigenvalue weighted by Gasteiger charge is -2.27. The van der Waals surface area contributed by atoms with E-state index in [4.69, 9.17) is 5.73 Å². The summed E-state index contributed by atoms with van der Waals surface area (Å²) in [5, 5.41) is 3.10. The van der Waals surface area contributed by atoms with Gasteiger partial charge in [-0.3, -0.25) is 4.79 Å². The van der Waals surface area contributed by atoms with Gasteiger partial charge in [0, 0.05) is 12.0 Å². The molecule has 1 aliphatic carbocycles. The first-order valence-corrected chi connectivity index (χ1v) is 7.80. The molecule has 1 amide bonds. The summed E-state index contributed by atoms with van der Waals surface area (Å²) in [5.41, 5.74) is 6.66. The number of benzene rings is 1. The van der Waals surface area contributed by atoms with Gasteiger partial charge in [0.05, 0.1) is 6.04 Å². The second kappa shape index (κ2) is 7.03. The van der Waals surface area contributed by atoms with E-state index >= 15 is 0 Å².